The molecule has 2 heterocycles. The van der Waals surface area contributed by atoms with Gasteiger partial charge in [-0.3, -0.25) is 19.3 Å². The molecule has 7 nitrogen and oxygen atoms in total. The zero-order valence-electron chi connectivity index (χ0n) is 18.7. The predicted octanol–water partition coefficient (Wildman–Crippen LogP) is 3.79. The van der Waals surface area contributed by atoms with Crippen molar-refractivity contribution in [2.24, 2.45) is 0 Å². The Labute approximate surface area is 206 Å². The van der Waals surface area contributed by atoms with Crippen molar-refractivity contribution in [3.05, 3.63) is 81.0 Å². The number of carbonyl (C=O) groups excluding carboxylic acids is 2. The van der Waals surface area contributed by atoms with E-state index in [1.807, 2.05) is 48.5 Å². The van der Waals surface area contributed by atoms with Gasteiger partial charge in [0.1, 0.15) is 10.1 Å². The Bertz CT molecular complexity index is 1350. The first-order chi connectivity index (χ1) is 16.4. The van der Waals surface area contributed by atoms with Gasteiger partial charge in [0.15, 0.2) is 0 Å². The molecule has 1 N–H and O–H groups in total. The zero-order valence-corrected chi connectivity index (χ0v) is 20.4. The van der Waals surface area contributed by atoms with Crippen LogP contribution < -0.4 is 10.3 Å². The first-order valence-electron chi connectivity index (χ1n) is 10.6. The van der Waals surface area contributed by atoms with Crippen LogP contribution >= 0.6 is 24.0 Å². The molecule has 0 radical (unpaired) electrons. The van der Waals surface area contributed by atoms with Crippen LogP contribution in [0.1, 0.15) is 17.5 Å². The summed E-state index contributed by atoms with van der Waals surface area (Å²) in [4.78, 5) is 44.0. The molecule has 34 heavy (non-hydrogen) atoms. The van der Waals surface area contributed by atoms with E-state index in [0.29, 0.717) is 15.8 Å². The highest BCUT2D eigenvalue weighted by Crippen LogP contribution is 2.33. The number of amides is 2. The third-order valence-corrected chi connectivity index (χ3v) is 6.88. The van der Waals surface area contributed by atoms with Crippen molar-refractivity contribution in [2.75, 3.05) is 20.7 Å². The Morgan fingerprint density at radius 1 is 1.18 bits per heavy atom. The minimum atomic E-state index is -0.212. The maximum Gasteiger partial charge on any atom is 0.266 e. The van der Waals surface area contributed by atoms with Gasteiger partial charge in [-0.1, -0.05) is 54.3 Å². The van der Waals surface area contributed by atoms with Crippen LogP contribution in [0.4, 0.5) is 0 Å². The molecule has 174 valence electrons. The number of methoxy groups -OCH3 is 1. The number of pyridine rings is 1. The summed E-state index contributed by atoms with van der Waals surface area (Å²) in [5.74, 6) is 0.389. The van der Waals surface area contributed by atoms with Crippen LogP contribution in [0.25, 0.3) is 17.0 Å². The standard InChI is InChI=1S/C25H23N3O4S2/c1-27(15-17-14-22(29)26-20-6-4-3-5-19(17)20)23(30)11-12-28-24(31)21(34-25(28)33)13-16-7-9-18(32-2)10-8-16/h3-10,13-14H,11-12,15H2,1-2H3,(H,26,29)/b21-13+. The fourth-order valence-electron chi connectivity index (χ4n) is 3.69. The molecule has 4 rings (SSSR count). The van der Waals surface area contributed by atoms with Crippen LogP contribution in [0, 0.1) is 0 Å². The van der Waals surface area contributed by atoms with Crippen molar-refractivity contribution in [1.29, 1.82) is 0 Å². The van der Waals surface area contributed by atoms with Gasteiger partial charge in [-0.05, 0) is 35.4 Å². The maximum absolute atomic E-state index is 12.9. The van der Waals surface area contributed by atoms with E-state index < -0.39 is 0 Å². The number of hydrogen-bond acceptors (Lipinski definition) is 6. The Kier molecular flexibility index (Phi) is 7.14. The number of ether oxygens (including phenoxy) is 1. The van der Waals surface area contributed by atoms with Gasteiger partial charge in [0.25, 0.3) is 5.91 Å². The summed E-state index contributed by atoms with van der Waals surface area (Å²) in [6.07, 6.45) is 1.91. The molecule has 9 heteroatoms. The first kappa shape index (κ1) is 23.7. The number of nitrogens with zero attached hydrogens (tertiary/aromatic N) is 2. The van der Waals surface area contributed by atoms with Gasteiger partial charge in [-0.15, -0.1) is 0 Å². The van der Waals surface area contributed by atoms with Gasteiger partial charge in [0, 0.05) is 43.5 Å². The molecule has 0 atom stereocenters. The number of nitrogens with one attached hydrogen (secondary N) is 1. The SMILES string of the molecule is COc1ccc(/C=C2/SC(=S)N(CCC(=O)N(C)Cc3cc(=O)[nH]c4ccccc34)C2=O)cc1. The van der Waals surface area contributed by atoms with Gasteiger partial charge in [-0.2, -0.15) is 0 Å². The summed E-state index contributed by atoms with van der Waals surface area (Å²) in [6, 6.07) is 16.4. The molecule has 3 aromatic rings. The number of hydrogen-bond donors (Lipinski definition) is 1. The Morgan fingerprint density at radius 3 is 2.65 bits per heavy atom. The first-order valence-corrected chi connectivity index (χ1v) is 11.8. The number of H-pyrrole nitrogens is 1. The van der Waals surface area contributed by atoms with Crippen LogP contribution in [0.5, 0.6) is 5.75 Å². The van der Waals surface area contributed by atoms with Gasteiger partial charge >= 0.3 is 0 Å². The molecule has 1 saturated heterocycles. The van der Waals surface area contributed by atoms with Gasteiger partial charge in [-0.25, -0.2) is 0 Å². The second-order valence-electron chi connectivity index (χ2n) is 7.81. The van der Waals surface area contributed by atoms with E-state index in [-0.39, 0.29) is 30.3 Å². The van der Waals surface area contributed by atoms with E-state index in [1.165, 1.54) is 22.7 Å². The third kappa shape index (κ3) is 5.21. The molecular formula is C25H23N3O4S2. The number of aromatic nitrogens is 1. The highest BCUT2D eigenvalue weighted by atomic mass is 32.2. The minimum Gasteiger partial charge on any atom is -0.497 e. The summed E-state index contributed by atoms with van der Waals surface area (Å²) in [7, 11) is 3.28. The molecule has 2 aromatic carbocycles. The lowest BCUT2D eigenvalue weighted by Gasteiger charge is -2.20. The number of para-hydroxylation sites is 1. The van der Waals surface area contributed by atoms with Crippen molar-refractivity contribution >= 4 is 57.1 Å². The largest absolute Gasteiger partial charge is 0.497 e. The van der Waals surface area contributed by atoms with E-state index in [0.717, 1.165) is 27.8 Å². The van der Waals surface area contributed by atoms with Crippen molar-refractivity contribution in [2.45, 2.75) is 13.0 Å². The highest BCUT2D eigenvalue weighted by Gasteiger charge is 2.32. The minimum absolute atomic E-state index is 0.125. The number of thioether (sulfide) groups is 1. The van der Waals surface area contributed by atoms with E-state index in [2.05, 4.69) is 4.98 Å². The predicted molar refractivity (Wildman–Crippen MR) is 139 cm³/mol. The van der Waals surface area contributed by atoms with Crippen molar-refractivity contribution in [3.63, 3.8) is 0 Å². The lowest BCUT2D eigenvalue weighted by molar-refractivity contribution is -0.131. The average molecular weight is 494 g/mol. The van der Waals surface area contributed by atoms with Gasteiger partial charge in [0.2, 0.25) is 11.5 Å². The normalized spacial score (nSPS) is 14.8. The van der Waals surface area contributed by atoms with Crippen molar-refractivity contribution in [1.82, 2.24) is 14.8 Å². The second-order valence-corrected chi connectivity index (χ2v) is 9.49. The Balaban J connectivity index is 1.39. The molecule has 1 fully saturated rings. The molecule has 1 aliphatic heterocycles. The van der Waals surface area contributed by atoms with Crippen LogP contribution in [0.2, 0.25) is 0 Å². The molecule has 0 bridgehead atoms. The Morgan fingerprint density at radius 2 is 1.91 bits per heavy atom. The number of thiocarbonyl (C=S) groups is 1. The molecule has 1 aromatic heterocycles. The van der Waals surface area contributed by atoms with Gasteiger partial charge in [0.05, 0.1) is 12.0 Å². The van der Waals surface area contributed by atoms with Crippen LogP contribution in [0.15, 0.2) is 64.3 Å². The zero-order chi connectivity index (χ0) is 24.2. The van der Waals surface area contributed by atoms with E-state index in [4.69, 9.17) is 17.0 Å². The van der Waals surface area contributed by atoms with Crippen LogP contribution in [-0.4, -0.2) is 51.6 Å². The number of aromatic amines is 1. The molecule has 0 spiro atoms. The van der Waals surface area contributed by atoms with Crippen molar-refractivity contribution in [3.8, 4) is 5.75 Å². The summed E-state index contributed by atoms with van der Waals surface area (Å²) >= 11 is 6.61. The smallest absolute Gasteiger partial charge is 0.266 e. The third-order valence-electron chi connectivity index (χ3n) is 5.51. The Hall–Kier alpha value is -3.43. The van der Waals surface area contributed by atoms with E-state index >= 15 is 0 Å². The van der Waals surface area contributed by atoms with Crippen LogP contribution in [0.3, 0.4) is 0 Å². The lowest BCUT2D eigenvalue weighted by atomic mass is 10.1. The summed E-state index contributed by atoms with van der Waals surface area (Å²) < 4.78 is 5.59. The molecule has 0 unspecified atom stereocenters. The molecule has 2 amide bonds. The number of rotatable bonds is 7. The summed E-state index contributed by atoms with van der Waals surface area (Å²) in [5, 5.41) is 0.891. The quantitative estimate of drug-likeness (QED) is 0.398. The van der Waals surface area contributed by atoms with Crippen molar-refractivity contribution < 1.29 is 14.3 Å². The van der Waals surface area contributed by atoms with Crippen LogP contribution in [-0.2, 0) is 16.1 Å². The van der Waals surface area contributed by atoms with E-state index in [9.17, 15) is 14.4 Å². The van der Waals surface area contributed by atoms with E-state index in [1.54, 1.807) is 25.1 Å². The molecule has 1 aliphatic rings. The topological polar surface area (TPSA) is 82.7 Å². The molecular weight excluding hydrogens is 470 g/mol. The summed E-state index contributed by atoms with van der Waals surface area (Å²) in [6.45, 7) is 0.489. The highest BCUT2D eigenvalue weighted by molar-refractivity contribution is 8.26. The number of carbonyl (C=O) groups is 2. The molecule has 0 aliphatic carbocycles. The maximum atomic E-state index is 12.9. The second kappa shape index (κ2) is 10.2. The summed E-state index contributed by atoms with van der Waals surface area (Å²) in [5.41, 5.74) is 2.15. The fraction of sp³-hybridized carbons (Fsp3) is 0.200. The molecule has 0 saturated carbocycles. The average Bonchev–Trinajstić information content (AvgIpc) is 3.09. The lowest BCUT2D eigenvalue weighted by Crippen LogP contribution is -2.34. The fourth-order valence-corrected chi connectivity index (χ4v) is 5.00. The number of benzene rings is 2. The number of fused-ring (bicyclic) bond motifs is 1. The monoisotopic (exact) mass is 493 g/mol. The van der Waals surface area contributed by atoms with Gasteiger partial charge < -0.3 is 14.6 Å².